The van der Waals surface area contributed by atoms with Gasteiger partial charge in [-0.05, 0) is 0 Å². The van der Waals surface area contributed by atoms with Crippen molar-refractivity contribution in [3.8, 4) is 11.6 Å². The minimum absolute atomic E-state index is 0.0191. The molecule has 3 aromatic rings. The van der Waals surface area contributed by atoms with Gasteiger partial charge in [0.15, 0.2) is 5.82 Å². The average molecular weight is 260 g/mol. The van der Waals surface area contributed by atoms with Crippen LogP contribution in [0.25, 0.3) is 16.7 Å². The molecule has 0 saturated carbocycles. The van der Waals surface area contributed by atoms with Gasteiger partial charge in [-0.3, -0.25) is 0 Å². The predicted octanol–water partition coefficient (Wildman–Crippen LogP) is 0.940. The van der Waals surface area contributed by atoms with Crippen molar-refractivity contribution in [2.75, 3.05) is 12.8 Å². The van der Waals surface area contributed by atoms with Crippen LogP contribution in [0.5, 0.6) is 5.75 Å². The lowest BCUT2D eigenvalue weighted by atomic mass is 10.2. The normalized spacial score (nSPS) is 10.8. The number of nitrogens with two attached hydrogens (primary N) is 1. The molecule has 0 aliphatic carbocycles. The van der Waals surface area contributed by atoms with Crippen molar-refractivity contribution in [1.82, 2.24) is 24.7 Å². The molecule has 0 aliphatic rings. The maximum Gasteiger partial charge on any atom is 0.222 e. The Morgan fingerprint density at radius 1 is 1.32 bits per heavy atom. The highest BCUT2D eigenvalue weighted by atomic mass is 19.1. The van der Waals surface area contributed by atoms with Gasteiger partial charge in [-0.25, -0.2) is 19.0 Å². The number of ether oxygens (including phenoxy) is 1. The summed E-state index contributed by atoms with van der Waals surface area (Å²) in [5, 5.41) is 4.13. The van der Waals surface area contributed by atoms with Crippen molar-refractivity contribution >= 4 is 16.9 Å². The number of rotatable bonds is 2. The molecule has 8 heteroatoms. The summed E-state index contributed by atoms with van der Waals surface area (Å²) >= 11 is 0. The SMILES string of the molecule is COc1cc(F)c2c(-n3cncn3)nc(N)nc2c1. The van der Waals surface area contributed by atoms with E-state index in [-0.39, 0.29) is 17.2 Å². The van der Waals surface area contributed by atoms with E-state index < -0.39 is 5.82 Å². The molecule has 2 heterocycles. The van der Waals surface area contributed by atoms with Crippen molar-refractivity contribution in [2.24, 2.45) is 0 Å². The third-order valence-electron chi connectivity index (χ3n) is 2.59. The number of hydrogen-bond donors (Lipinski definition) is 1. The number of benzene rings is 1. The highest BCUT2D eigenvalue weighted by Gasteiger charge is 2.15. The van der Waals surface area contributed by atoms with E-state index in [9.17, 15) is 4.39 Å². The molecule has 0 spiro atoms. The molecule has 96 valence electrons. The minimum atomic E-state index is -0.514. The summed E-state index contributed by atoms with van der Waals surface area (Å²) in [5.41, 5.74) is 5.97. The number of fused-ring (bicyclic) bond motifs is 1. The molecule has 0 fully saturated rings. The van der Waals surface area contributed by atoms with E-state index in [1.807, 2.05) is 0 Å². The summed E-state index contributed by atoms with van der Waals surface area (Å²) in [7, 11) is 1.45. The van der Waals surface area contributed by atoms with Crippen LogP contribution in [0.2, 0.25) is 0 Å². The van der Waals surface area contributed by atoms with Crippen LogP contribution < -0.4 is 10.5 Å². The molecule has 0 amide bonds. The van der Waals surface area contributed by atoms with Crippen LogP contribution in [0.15, 0.2) is 24.8 Å². The molecule has 0 radical (unpaired) electrons. The second kappa shape index (κ2) is 4.16. The molecular formula is C11H9FN6O. The second-order valence-electron chi connectivity index (χ2n) is 3.75. The molecule has 1 aromatic carbocycles. The van der Waals surface area contributed by atoms with Gasteiger partial charge in [0.25, 0.3) is 0 Å². The molecule has 3 rings (SSSR count). The lowest BCUT2D eigenvalue weighted by molar-refractivity contribution is 0.412. The van der Waals surface area contributed by atoms with E-state index >= 15 is 0 Å². The first-order chi connectivity index (χ1) is 9.19. The monoisotopic (exact) mass is 260 g/mol. The predicted molar refractivity (Wildman–Crippen MR) is 65.4 cm³/mol. The Bertz CT molecular complexity index is 743. The van der Waals surface area contributed by atoms with Gasteiger partial charge in [-0.1, -0.05) is 0 Å². The topological polar surface area (TPSA) is 91.7 Å². The first-order valence-corrected chi connectivity index (χ1v) is 5.35. The largest absolute Gasteiger partial charge is 0.497 e. The number of aromatic nitrogens is 5. The Morgan fingerprint density at radius 2 is 2.16 bits per heavy atom. The van der Waals surface area contributed by atoms with Gasteiger partial charge in [0, 0.05) is 12.1 Å². The van der Waals surface area contributed by atoms with Crippen molar-refractivity contribution in [3.63, 3.8) is 0 Å². The number of nitrogen functional groups attached to an aromatic ring is 1. The van der Waals surface area contributed by atoms with Gasteiger partial charge < -0.3 is 10.5 Å². The van der Waals surface area contributed by atoms with E-state index in [0.717, 1.165) is 0 Å². The Balaban J connectivity index is 2.39. The average Bonchev–Trinajstić information content (AvgIpc) is 2.90. The zero-order valence-corrected chi connectivity index (χ0v) is 9.91. The Kier molecular flexibility index (Phi) is 2.48. The van der Waals surface area contributed by atoms with Gasteiger partial charge >= 0.3 is 0 Å². The van der Waals surface area contributed by atoms with Crippen LogP contribution in [0, 0.1) is 5.82 Å². The van der Waals surface area contributed by atoms with Gasteiger partial charge in [0.1, 0.15) is 24.2 Å². The molecule has 0 unspecified atom stereocenters. The van der Waals surface area contributed by atoms with Crippen molar-refractivity contribution in [2.45, 2.75) is 0 Å². The maximum absolute atomic E-state index is 14.2. The van der Waals surface area contributed by atoms with E-state index in [4.69, 9.17) is 10.5 Å². The fourth-order valence-corrected chi connectivity index (χ4v) is 1.79. The Hall–Kier alpha value is -2.77. The van der Waals surface area contributed by atoms with Crippen LogP contribution >= 0.6 is 0 Å². The van der Waals surface area contributed by atoms with E-state index in [2.05, 4.69) is 20.1 Å². The zero-order valence-electron chi connectivity index (χ0n) is 9.91. The third-order valence-corrected chi connectivity index (χ3v) is 2.59. The van der Waals surface area contributed by atoms with Gasteiger partial charge in [0.05, 0.1) is 18.0 Å². The van der Waals surface area contributed by atoms with Gasteiger partial charge in [-0.15, -0.1) is 0 Å². The van der Waals surface area contributed by atoms with Crippen LogP contribution in [-0.4, -0.2) is 31.8 Å². The molecule has 0 bridgehead atoms. The van der Waals surface area contributed by atoms with Crippen molar-refractivity contribution in [3.05, 3.63) is 30.6 Å². The number of hydrogen-bond acceptors (Lipinski definition) is 6. The summed E-state index contributed by atoms with van der Waals surface area (Å²) in [5.74, 6) is 0.0956. The standard InChI is InChI=1S/C11H9FN6O/c1-19-6-2-7(12)9-8(3-6)16-11(13)17-10(9)18-5-14-4-15-18/h2-5H,1H3,(H2,13,16,17). The Morgan fingerprint density at radius 3 is 2.84 bits per heavy atom. The van der Waals surface area contributed by atoms with Gasteiger partial charge in [0.2, 0.25) is 5.95 Å². The number of halogens is 1. The number of methoxy groups -OCH3 is 1. The zero-order chi connectivity index (χ0) is 13.4. The molecule has 0 atom stereocenters. The van der Waals surface area contributed by atoms with E-state index in [1.165, 1.54) is 30.5 Å². The lowest BCUT2D eigenvalue weighted by Crippen LogP contribution is -2.06. The molecule has 0 saturated heterocycles. The molecule has 2 aromatic heterocycles. The first kappa shape index (κ1) is 11.3. The third kappa shape index (κ3) is 1.82. The quantitative estimate of drug-likeness (QED) is 0.737. The van der Waals surface area contributed by atoms with Crippen molar-refractivity contribution in [1.29, 1.82) is 0 Å². The minimum Gasteiger partial charge on any atom is -0.497 e. The molecule has 7 nitrogen and oxygen atoms in total. The highest BCUT2D eigenvalue weighted by molar-refractivity contribution is 5.88. The summed E-state index contributed by atoms with van der Waals surface area (Å²) < 4.78 is 20.5. The molecule has 19 heavy (non-hydrogen) atoms. The smallest absolute Gasteiger partial charge is 0.222 e. The summed E-state index contributed by atoms with van der Waals surface area (Å²) in [6.45, 7) is 0. The van der Waals surface area contributed by atoms with Crippen LogP contribution in [0.1, 0.15) is 0 Å². The fourth-order valence-electron chi connectivity index (χ4n) is 1.79. The van der Waals surface area contributed by atoms with Crippen LogP contribution in [0.3, 0.4) is 0 Å². The van der Waals surface area contributed by atoms with E-state index in [1.54, 1.807) is 6.07 Å². The molecular weight excluding hydrogens is 251 g/mol. The summed E-state index contributed by atoms with van der Waals surface area (Å²) in [4.78, 5) is 11.8. The number of nitrogens with zero attached hydrogens (tertiary/aromatic N) is 5. The highest BCUT2D eigenvalue weighted by Crippen LogP contribution is 2.27. The molecule has 2 N–H and O–H groups in total. The Labute approximate surface area is 106 Å². The second-order valence-corrected chi connectivity index (χ2v) is 3.75. The fraction of sp³-hybridized carbons (Fsp3) is 0.0909. The summed E-state index contributed by atoms with van der Waals surface area (Å²) in [6.07, 6.45) is 2.73. The maximum atomic E-state index is 14.2. The number of anilines is 1. The van der Waals surface area contributed by atoms with Crippen LogP contribution in [-0.2, 0) is 0 Å². The van der Waals surface area contributed by atoms with Crippen LogP contribution in [0.4, 0.5) is 10.3 Å². The van der Waals surface area contributed by atoms with E-state index in [0.29, 0.717) is 11.3 Å². The molecule has 0 aliphatic heterocycles. The summed E-state index contributed by atoms with van der Waals surface area (Å²) in [6, 6.07) is 2.83. The lowest BCUT2D eigenvalue weighted by Gasteiger charge is -2.08. The first-order valence-electron chi connectivity index (χ1n) is 5.35. The van der Waals surface area contributed by atoms with Crippen molar-refractivity contribution < 1.29 is 9.13 Å². The van der Waals surface area contributed by atoms with Gasteiger partial charge in [-0.2, -0.15) is 10.1 Å².